The molecule has 2 fully saturated rings. The maximum absolute atomic E-state index is 13.3. The molecule has 3 aliphatic heterocycles. The summed E-state index contributed by atoms with van der Waals surface area (Å²) in [4.78, 5) is 30.1. The van der Waals surface area contributed by atoms with Gasteiger partial charge < -0.3 is 14.5 Å². The maximum Gasteiger partial charge on any atom is 0.230 e. The third-order valence-corrected chi connectivity index (χ3v) is 6.62. The van der Waals surface area contributed by atoms with Crippen molar-refractivity contribution < 1.29 is 18.7 Å². The zero-order valence-corrected chi connectivity index (χ0v) is 17.6. The molecule has 8 heteroatoms. The van der Waals surface area contributed by atoms with Gasteiger partial charge >= 0.3 is 0 Å². The smallest absolute Gasteiger partial charge is 0.230 e. The molecule has 0 saturated carbocycles. The summed E-state index contributed by atoms with van der Waals surface area (Å²) in [6.07, 6.45) is 7.93. The second-order valence-corrected chi connectivity index (χ2v) is 8.75. The van der Waals surface area contributed by atoms with Crippen molar-refractivity contribution in [1.82, 2.24) is 19.6 Å². The van der Waals surface area contributed by atoms with Crippen LogP contribution in [0.3, 0.4) is 0 Å². The van der Waals surface area contributed by atoms with Gasteiger partial charge in [-0.3, -0.25) is 14.3 Å². The second-order valence-electron chi connectivity index (χ2n) is 8.75. The van der Waals surface area contributed by atoms with E-state index in [0.29, 0.717) is 26.1 Å². The highest BCUT2D eigenvalue weighted by Crippen LogP contribution is 2.52. The van der Waals surface area contributed by atoms with Gasteiger partial charge in [0.2, 0.25) is 11.8 Å². The first-order chi connectivity index (χ1) is 14.9. The van der Waals surface area contributed by atoms with Crippen LogP contribution in [0.15, 0.2) is 48.8 Å². The van der Waals surface area contributed by atoms with Crippen molar-refractivity contribution in [3.05, 3.63) is 65.8 Å². The number of halogens is 1. The van der Waals surface area contributed by atoms with E-state index < -0.39 is 17.4 Å². The molecule has 4 heterocycles. The Balaban J connectivity index is 1.30. The summed E-state index contributed by atoms with van der Waals surface area (Å²) in [6, 6.07) is 6.13. The van der Waals surface area contributed by atoms with Crippen LogP contribution in [0.5, 0.6) is 0 Å². The third-order valence-electron chi connectivity index (χ3n) is 6.62. The van der Waals surface area contributed by atoms with E-state index in [0.717, 1.165) is 11.1 Å². The van der Waals surface area contributed by atoms with Gasteiger partial charge in [0.25, 0.3) is 0 Å². The van der Waals surface area contributed by atoms with Crippen molar-refractivity contribution in [3.63, 3.8) is 0 Å². The summed E-state index contributed by atoms with van der Waals surface area (Å²) in [7, 11) is 3.64. The van der Waals surface area contributed by atoms with Gasteiger partial charge in [-0.05, 0) is 29.7 Å². The summed E-state index contributed by atoms with van der Waals surface area (Å²) in [5, 5.41) is 4.16. The van der Waals surface area contributed by atoms with Gasteiger partial charge in [0.1, 0.15) is 11.4 Å². The van der Waals surface area contributed by atoms with Crippen molar-refractivity contribution in [3.8, 4) is 0 Å². The summed E-state index contributed by atoms with van der Waals surface area (Å²) in [6.45, 7) is 1.33. The van der Waals surface area contributed by atoms with Gasteiger partial charge in [0, 0.05) is 33.4 Å². The highest BCUT2D eigenvalue weighted by molar-refractivity contribution is 5.93. The van der Waals surface area contributed by atoms with Crippen LogP contribution in [-0.4, -0.2) is 63.2 Å². The van der Waals surface area contributed by atoms with E-state index in [1.807, 2.05) is 25.4 Å². The predicted molar refractivity (Wildman–Crippen MR) is 110 cm³/mol. The number of fused-ring (bicyclic) bond motifs is 1. The molecule has 2 saturated heterocycles. The largest absolute Gasteiger partial charge is 0.360 e. The summed E-state index contributed by atoms with van der Waals surface area (Å²) in [5.41, 5.74) is 1.16. The van der Waals surface area contributed by atoms with Gasteiger partial charge in [-0.15, -0.1) is 0 Å². The Morgan fingerprint density at radius 2 is 2.10 bits per heavy atom. The minimum absolute atomic E-state index is 0.0675. The lowest BCUT2D eigenvalue weighted by atomic mass is 9.76. The number of amides is 2. The molecular weight excluding hydrogens is 399 g/mol. The topological polar surface area (TPSA) is 67.7 Å². The normalized spacial score (nSPS) is 28.4. The molecule has 2 amide bonds. The average Bonchev–Trinajstić information content (AvgIpc) is 3.49. The van der Waals surface area contributed by atoms with Crippen molar-refractivity contribution in [2.45, 2.75) is 24.7 Å². The standard InChI is InChI=1S/C23H25FN4O3/c1-26(10-8-16-11-25-27(2)12-16)21(29)19-18-7-9-23(31-18)14-28(22(30)20(19)23)13-15-3-5-17(24)6-4-15/h3-7,9,11-12,18-20H,8,10,13-14H2,1-2H3/t18-,19-,20-,23-/m0/s1. The third kappa shape index (κ3) is 3.35. The molecule has 2 bridgehead atoms. The first-order valence-electron chi connectivity index (χ1n) is 10.5. The van der Waals surface area contributed by atoms with Crippen molar-refractivity contribution in [2.24, 2.45) is 18.9 Å². The van der Waals surface area contributed by atoms with Gasteiger partial charge in [0.05, 0.1) is 30.7 Å². The molecule has 0 unspecified atom stereocenters. The van der Waals surface area contributed by atoms with Crippen LogP contribution >= 0.6 is 0 Å². The molecule has 1 spiro atoms. The van der Waals surface area contributed by atoms with Gasteiger partial charge in [0.15, 0.2) is 0 Å². The number of benzene rings is 1. The Morgan fingerprint density at radius 1 is 1.32 bits per heavy atom. The van der Waals surface area contributed by atoms with Crippen LogP contribution in [-0.2, 0) is 34.3 Å². The van der Waals surface area contributed by atoms with E-state index >= 15 is 0 Å². The Bertz CT molecular complexity index is 1050. The van der Waals surface area contributed by atoms with Crippen LogP contribution in [0.25, 0.3) is 0 Å². The molecule has 1 aromatic carbocycles. The number of likely N-dealkylation sites (N-methyl/N-ethyl adjacent to an activating group) is 1. The number of nitrogens with zero attached hydrogens (tertiary/aromatic N) is 4. The Hall–Kier alpha value is -3.00. The number of carbonyl (C=O) groups excluding carboxylic acids is 2. The van der Waals surface area contributed by atoms with Crippen LogP contribution in [0, 0.1) is 17.7 Å². The molecule has 162 valence electrons. The van der Waals surface area contributed by atoms with Gasteiger partial charge in [-0.25, -0.2) is 4.39 Å². The lowest BCUT2D eigenvalue weighted by Crippen LogP contribution is -2.45. The predicted octanol–water partition coefficient (Wildman–Crippen LogP) is 1.54. The van der Waals surface area contributed by atoms with Crippen molar-refractivity contribution in [1.29, 1.82) is 0 Å². The lowest BCUT2D eigenvalue weighted by molar-refractivity contribution is -0.142. The van der Waals surface area contributed by atoms with Crippen LogP contribution in [0.2, 0.25) is 0 Å². The number of aromatic nitrogens is 2. The molecule has 7 nitrogen and oxygen atoms in total. The molecule has 2 aromatic rings. The second kappa shape index (κ2) is 7.30. The van der Waals surface area contributed by atoms with Gasteiger partial charge in [-0.2, -0.15) is 5.10 Å². The maximum atomic E-state index is 13.3. The first-order valence-corrected chi connectivity index (χ1v) is 10.5. The number of hydrogen-bond acceptors (Lipinski definition) is 4. The molecular formula is C23H25FN4O3. The molecule has 5 rings (SSSR count). The van der Waals surface area contributed by atoms with E-state index in [1.54, 1.807) is 39.9 Å². The Kier molecular flexibility index (Phi) is 4.69. The van der Waals surface area contributed by atoms with E-state index in [1.165, 1.54) is 12.1 Å². The van der Waals surface area contributed by atoms with E-state index in [-0.39, 0.29) is 23.7 Å². The lowest BCUT2D eigenvalue weighted by Gasteiger charge is -2.27. The molecule has 0 radical (unpaired) electrons. The number of likely N-dealkylation sites (tertiary alicyclic amines) is 1. The average molecular weight is 424 g/mol. The Morgan fingerprint density at radius 3 is 2.81 bits per heavy atom. The van der Waals surface area contributed by atoms with Crippen LogP contribution < -0.4 is 0 Å². The number of carbonyl (C=O) groups is 2. The van der Waals surface area contributed by atoms with E-state index in [9.17, 15) is 14.0 Å². The SMILES string of the molecule is CN(CCc1cnn(C)c1)C(=O)[C@H]1[C@@H]2C=C[C@@]3(CN(Cc4ccc(F)cc4)C(=O)[C@H]13)O2. The van der Waals surface area contributed by atoms with Crippen molar-refractivity contribution in [2.75, 3.05) is 20.1 Å². The van der Waals surface area contributed by atoms with Crippen LogP contribution in [0.1, 0.15) is 11.1 Å². The monoisotopic (exact) mass is 424 g/mol. The van der Waals surface area contributed by atoms with Gasteiger partial charge in [-0.1, -0.05) is 24.3 Å². The quantitative estimate of drug-likeness (QED) is 0.660. The van der Waals surface area contributed by atoms with E-state index in [2.05, 4.69) is 5.10 Å². The highest BCUT2D eigenvalue weighted by Gasteiger charge is 2.67. The Labute approximate surface area is 180 Å². The molecule has 0 aliphatic carbocycles. The molecule has 3 aliphatic rings. The minimum Gasteiger partial charge on any atom is -0.360 e. The number of hydrogen-bond donors (Lipinski definition) is 0. The fourth-order valence-electron chi connectivity index (χ4n) is 5.07. The zero-order chi connectivity index (χ0) is 21.8. The summed E-state index contributed by atoms with van der Waals surface area (Å²) in [5.74, 6) is -1.49. The minimum atomic E-state index is -0.744. The number of ether oxygens (including phenoxy) is 1. The van der Waals surface area contributed by atoms with Crippen molar-refractivity contribution >= 4 is 11.8 Å². The fraction of sp³-hybridized carbons (Fsp3) is 0.435. The van der Waals surface area contributed by atoms with Crippen LogP contribution in [0.4, 0.5) is 4.39 Å². The highest BCUT2D eigenvalue weighted by atomic mass is 19.1. The first kappa shape index (κ1) is 19.9. The molecule has 4 atom stereocenters. The van der Waals surface area contributed by atoms with E-state index in [4.69, 9.17) is 4.74 Å². The zero-order valence-electron chi connectivity index (χ0n) is 17.6. The molecule has 31 heavy (non-hydrogen) atoms. The molecule has 1 aromatic heterocycles. The fourth-order valence-corrected chi connectivity index (χ4v) is 5.07. The number of rotatable bonds is 6. The number of aryl methyl sites for hydroxylation is 1. The summed E-state index contributed by atoms with van der Waals surface area (Å²) >= 11 is 0. The molecule has 0 N–H and O–H groups in total. The summed E-state index contributed by atoms with van der Waals surface area (Å²) < 4.78 is 21.2.